The Hall–Kier alpha value is -1.31. The van der Waals surface area contributed by atoms with Crippen LogP contribution >= 0.6 is 0 Å². The van der Waals surface area contributed by atoms with Crippen molar-refractivity contribution in [3.05, 3.63) is 36.5 Å². The highest BCUT2D eigenvalue weighted by Crippen LogP contribution is 2.50. The van der Waals surface area contributed by atoms with Gasteiger partial charge in [-0.15, -0.1) is 0 Å². The van der Waals surface area contributed by atoms with Crippen molar-refractivity contribution in [2.45, 2.75) is 12.5 Å². The lowest BCUT2D eigenvalue weighted by atomic mass is 9.72. The SMILES string of the molecule is O=C1C[C@]23C=CC=C[C@@H]2C=C[C@H]3O1. The molecule has 0 aromatic heterocycles. The summed E-state index contributed by atoms with van der Waals surface area (Å²) in [6.45, 7) is 0. The van der Waals surface area contributed by atoms with Crippen LogP contribution in [0, 0.1) is 11.3 Å². The van der Waals surface area contributed by atoms with Gasteiger partial charge in [-0.2, -0.15) is 0 Å². The molecular weight excluding hydrogens is 164 g/mol. The Bertz CT molecular complexity index is 351. The largest absolute Gasteiger partial charge is 0.457 e. The molecule has 13 heavy (non-hydrogen) atoms. The van der Waals surface area contributed by atoms with E-state index in [1.165, 1.54) is 0 Å². The molecule has 1 fully saturated rings. The minimum absolute atomic E-state index is 0.0220. The first-order valence-corrected chi connectivity index (χ1v) is 4.55. The average Bonchev–Trinajstić information content (AvgIpc) is 2.57. The lowest BCUT2D eigenvalue weighted by Gasteiger charge is -2.29. The van der Waals surface area contributed by atoms with E-state index in [0.717, 1.165) is 0 Å². The lowest BCUT2D eigenvalue weighted by Crippen LogP contribution is -2.30. The summed E-state index contributed by atoms with van der Waals surface area (Å²) in [5, 5.41) is 0. The van der Waals surface area contributed by atoms with Crippen molar-refractivity contribution in [1.82, 2.24) is 0 Å². The summed E-state index contributed by atoms with van der Waals surface area (Å²) in [6.07, 6.45) is 12.9. The van der Waals surface area contributed by atoms with Crippen LogP contribution in [0.25, 0.3) is 0 Å². The third-order valence-electron chi connectivity index (χ3n) is 3.19. The minimum atomic E-state index is -0.0775. The van der Waals surface area contributed by atoms with E-state index in [1.807, 2.05) is 18.2 Å². The molecule has 2 aliphatic carbocycles. The molecule has 0 amide bonds. The zero-order chi connectivity index (χ0) is 8.89. The van der Waals surface area contributed by atoms with Gasteiger partial charge in [0.15, 0.2) is 0 Å². The predicted molar refractivity (Wildman–Crippen MR) is 47.8 cm³/mol. The number of carbonyl (C=O) groups is 1. The van der Waals surface area contributed by atoms with Gasteiger partial charge >= 0.3 is 5.97 Å². The number of hydrogen-bond acceptors (Lipinski definition) is 2. The second kappa shape index (κ2) is 2.13. The zero-order valence-electron chi connectivity index (χ0n) is 7.14. The van der Waals surface area contributed by atoms with Gasteiger partial charge in [-0.05, 0) is 6.08 Å². The third-order valence-corrected chi connectivity index (χ3v) is 3.19. The van der Waals surface area contributed by atoms with Crippen LogP contribution in [0.3, 0.4) is 0 Å². The van der Waals surface area contributed by atoms with Crippen molar-refractivity contribution < 1.29 is 9.53 Å². The van der Waals surface area contributed by atoms with Crippen LogP contribution < -0.4 is 0 Å². The molecule has 3 aliphatic rings. The van der Waals surface area contributed by atoms with Crippen LogP contribution in [0.5, 0.6) is 0 Å². The molecule has 1 saturated heterocycles. The quantitative estimate of drug-likeness (QED) is 0.412. The smallest absolute Gasteiger partial charge is 0.307 e. The summed E-state index contributed by atoms with van der Waals surface area (Å²) < 4.78 is 5.23. The van der Waals surface area contributed by atoms with Gasteiger partial charge in [0.05, 0.1) is 6.42 Å². The Morgan fingerprint density at radius 2 is 2.23 bits per heavy atom. The van der Waals surface area contributed by atoms with Crippen LogP contribution in [-0.2, 0) is 9.53 Å². The molecule has 0 aromatic carbocycles. The zero-order valence-corrected chi connectivity index (χ0v) is 7.14. The molecule has 2 nitrogen and oxygen atoms in total. The topological polar surface area (TPSA) is 26.3 Å². The molecular formula is C11H10O2. The fraction of sp³-hybridized carbons (Fsp3) is 0.364. The number of ether oxygens (including phenoxy) is 1. The van der Waals surface area contributed by atoms with Gasteiger partial charge in [0.1, 0.15) is 6.10 Å². The van der Waals surface area contributed by atoms with Crippen molar-refractivity contribution in [2.24, 2.45) is 11.3 Å². The van der Waals surface area contributed by atoms with E-state index < -0.39 is 0 Å². The number of rotatable bonds is 0. The maximum Gasteiger partial charge on any atom is 0.307 e. The van der Waals surface area contributed by atoms with Crippen LogP contribution in [0.2, 0.25) is 0 Å². The molecule has 0 radical (unpaired) electrons. The number of carbonyl (C=O) groups excluding carboxylic acids is 1. The van der Waals surface area contributed by atoms with Crippen molar-refractivity contribution in [3.8, 4) is 0 Å². The molecule has 66 valence electrons. The summed E-state index contributed by atoms with van der Waals surface area (Å²) in [4.78, 5) is 11.2. The van der Waals surface area contributed by atoms with Gasteiger partial charge in [0.2, 0.25) is 0 Å². The monoisotopic (exact) mass is 174 g/mol. The van der Waals surface area contributed by atoms with E-state index in [0.29, 0.717) is 12.3 Å². The molecule has 1 heterocycles. The van der Waals surface area contributed by atoms with Crippen LogP contribution in [0.1, 0.15) is 6.42 Å². The summed E-state index contributed by atoms with van der Waals surface area (Å²) >= 11 is 0. The molecule has 1 spiro atoms. The standard InChI is InChI=1S/C11H10O2/c12-10-7-11-6-2-1-3-8(11)4-5-9(11)13-10/h1-6,8-9H,7H2/t8-,9-,11-/m1/s1. The van der Waals surface area contributed by atoms with Crippen LogP contribution in [0.15, 0.2) is 36.5 Å². The Morgan fingerprint density at radius 1 is 1.31 bits per heavy atom. The average molecular weight is 174 g/mol. The highest BCUT2D eigenvalue weighted by molar-refractivity contribution is 5.75. The molecule has 0 aromatic rings. The maximum absolute atomic E-state index is 11.2. The summed E-state index contributed by atoms with van der Waals surface area (Å²) in [5.41, 5.74) is -0.0775. The van der Waals surface area contributed by atoms with E-state index >= 15 is 0 Å². The lowest BCUT2D eigenvalue weighted by molar-refractivity contribution is -0.140. The Morgan fingerprint density at radius 3 is 3.15 bits per heavy atom. The van der Waals surface area contributed by atoms with Crippen molar-refractivity contribution in [1.29, 1.82) is 0 Å². The Kier molecular flexibility index (Phi) is 1.17. The van der Waals surface area contributed by atoms with Crippen molar-refractivity contribution in [2.75, 3.05) is 0 Å². The van der Waals surface area contributed by atoms with E-state index in [-0.39, 0.29) is 17.5 Å². The summed E-state index contributed by atoms with van der Waals surface area (Å²) in [5.74, 6) is 0.285. The summed E-state index contributed by atoms with van der Waals surface area (Å²) in [6, 6.07) is 0. The molecule has 0 saturated carbocycles. The first kappa shape index (κ1) is 7.13. The van der Waals surface area contributed by atoms with Crippen LogP contribution in [0.4, 0.5) is 0 Å². The Labute approximate surface area is 76.6 Å². The third kappa shape index (κ3) is 0.755. The fourth-order valence-corrected chi connectivity index (χ4v) is 2.50. The van der Waals surface area contributed by atoms with Gasteiger partial charge in [0.25, 0.3) is 0 Å². The van der Waals surface area contributed by atoms with Crippen LogP contribution in [-0.4, -0.2) is 12.1 Å². The highest BCUT2D eigenvalue weighted by atomic mass is 16.6. The Balaban J connectivity index is 2.09. The molecule has 3 rings (SSSR count). The molecule has 0 unspecified atom stereocenters. The van der Waals surface area contributed by atoms with E-state index in [2.05, 4.69) is 18.2 Å². The van der Waals surface area contributed by atoms with Gasteiger partial charge < -0.3 is 4.74 Å². The van der Waals surface area contributed by atoms with E-state index in [4.69, 9.17) is 4.74 Å². The normalized spacial score (nSPS) is 44.8. The molecule has 0 bridgehead atoms. The van der Waals surface area contributed by atoms with E-state index in [9.17, 15) is 4.79 Å². The molecule has 3 atom stereocenters. The number of hydrogen-bond donors (Lipinski definition) is 0. The summed E-state index contributed by atoms with van der Waals surface area (Å²) in [7, 11) is 0. The number of esters is 1. The minimum Gasteiger partial charge on any atom is -0.457 e. The first-order chi connectivity index (χ1) is 6.31. The molecule has 2 heteroatoms. The molecule has 1 aliphatic heterocycles. The maximum atomic E-state index is 11.2. The fourth-order valence-electron chi connectivity index (χ4n) is 2.50. The van der Waals surface area contributed by atoms with Gasteiger partial charge in [-0.25, -0.2) is 0 Å². The van der Waals surface area contributed by atoms with Crippen molar-refractivity contribution in [3.63, 3.8) is 0 Å². The predicted octanol–water partition coefficient (Wildman–Crippen LogP) is 1.60. The van der Waals surface area contributed by atoms with Gasteiger partial charge in [0, 0.05) is 11.3 Å². The van der Waals surface area contributed by atoms with Gasteiger partial charge in [-0.1, -0.05) is 30.4 Å². The van der Waals surface area contributed by atoms with E-state index in [1.54, 1.807) is 0 Å². The first-order valence-electron chi connectivity index (χ1n) is 4.55. The second-order valence-electron chi connectivity index (χ2n) is 3.85. The highest BCUT2D eigenvalue weighted by Gasteiger charge is 2.53. The number of allylic oxidation sites excluding steroid dienone is 4. The van der Waals surface area contributed by atoms with Gasteiger partial charge in [-0.3, -0.25) is 4.79 Å². The van der Waals surface area contributed by atoms with Crippen molar-refractivity contribution >= 4 is 5.97 Å². The molecule has 0 N–H and O–H groups in total. The second-order valence-corrected chi connectivity index (χ2v) is 3.85.